The monoisotopic (exact) mass is 335 g/mol. The van der Waals surface area contributed by atoms with E-state index in [0.29, 0.717) is 11.5 Å². The largest absolute Gasteiger partial charge is 0.481 e. The summed E-state index contributed by atoms with van der Waals surface area (Å²) in [6.45, 7) is 3.72. The lowest BCUT2D eigenvalue weighted by Crippen LogP contribution is -2.38. The molecule has 25 heavy (non-hydrogen) atoms. The normalized spacial score (nSPS) is 13.0. The molecule has 1 heterocycles. The minimum atomic E-state index is -0.622. The third kappa shape index (κ3) is 4.29. The fourth-order valence-corrected chi connectivity index (χ4v) is 2.63. The Kier molecular flexibility index (Phi) is 5.19. The van der Waals surface area contributed by atoms with E-state index < -0.39 is 6.10 Å². The van der Waals surface area contributed by atoms with Crippen LogP contribution in [-0.2, 0) is 4.79 Å². The molecule has 0 radical (unpaired) electrons. The first-order valence-corrected chi connectivity index (χ1v) is 8.25. The van der Waals surface area contributed by atoms with Crippen molar-refractivity contribution in [2.45, 2.75) is 26.0 Å². The molecule has 128 valence electrons. The van der Waals surface area contributed by atoms with Gasteiger partial charge >= 0.3 is 0 Å². The van der Waals surface area contributed by atoms with E-state index in [1.807, 2.05) is 73.7 Å². The maximum atomic E-state index is 12.6. The molecule has 3 rings (SSSR count). The Morgan fingerprint density at radius 2 is 1.84 bits per heavy atom. The highest BCUT2D eigenvalue weighted by molar-refractivity contribution is 5.81. The molecule has 4 heteroatoms. The van der Waals surface area contributed by atoms with Gasteiger partial charge in [0.05, 0.1) is 6.26 Å². The Balaban J connectivity index is 1.74. The molecule has 1 amide bonds. The van der Waals surface area contributed by atoms with Gasteiger partial charge in [0, 0.05) is 0 Å². The molecule has 0 aliphatic rings. The molecule has 0 aliphatic heterocycles. The molecule has 3 aromatic rings. The van der Waals surface area contributed by atoms with Gasteiger partial charge in [-0.3, -0.25) is 4.79 Å². The molecule has 0 aliphatic carbocycles. The molecular formula is C21H21NO3. The van der Waals surface area contributed by atoms with Crippen molar-refractivity contribution in [3.63, 3.8) is 0 Å². The number of benzene rings is 2. The summed E-state index contributed by atoms with van der Waals surface area (Å²) in [5.41, 5.74) is 2.04. The van der Waals surface area contributed by atoms with Crippen LogP contribution in [0.5, 0.6) is 5.75 Å². The lowest BCUT2D eigenvalue weighted by atomic mass is 10.0. The number of hydrogen-bond donors (Lipinski definition) is 1. The maximum absolute atomic E-state index is 12.6. The standard InChI is InChI=1S/C21H21NO3/c1-15-8-6-11-18(14-15)25-16(2)21(23)22-20(19-12-7-13-24-19)17-9-4-3-5-10-17/h3-14,16,20H,1-2H3,(H,22,23)/t16-,20+/m1/s1. The van der Waals surface area contributed by atoms with E-state index in [2.05, 4.69) is 5.32 Å². The van der Waals surface area contributed by atoms with Crippen molar-refractivity contribution in [3.05, 3.63) is 89.9 Å². The van der Waals surface area contributed by atoms with Crippen LogP contribution in [0.15, 0.2) is 77.4 Å². The number of hydrogen-bond acceptors (Lipinski definition) is 3. The molecule has 0 spiro atoms. The van der Waals surface area contributed by atoms with E-state index in [-0.39, 0.29) is 11.9 Å². The maximum Gasteiger partial charge on any atom is 0.261 e. The first-order chi connectivity index (χ1) is 12.1. The molecule has 4 nitrogen and oxygen atoms in total. The molecule has 1 N–H and O–H groups in total. The van der Waals surface area contributed by atoms with Gasteiger partial charge < -0.3 is 14.5 Å². The lowest BCUT2D eigenvalue weighted by Gasteiger charge is -2.21. The third-order valence-corrected chi connectivity index (χ3v) is 3.92. The summed E-state index contributed by atoms with van der Waals surface area (Å²) in [7, 11) is 0. The topological polar surface area (TPSA) is 51.5 Å². The van der Waals surface area contributed by atoms with Crippen molar-refractivity contribution in [2.75, 3.05) is 0 Å². The van der Waals surface area contributed by atoms with E-state index in [1.165, 1.54) is 0 Å². The summed E-state index contributed by atoms with van der Waals surface area (Å²) < 4.78 is 11.3. The zero-order chi connectivity index (χ0) is 17.6. The van der Waals surface area contributed by atoms with Crippen molar-refractivity contribution >= 4 is 5.91 Å². The van der Waals surface area contributed by atoms with Gasteiger partial charge in [-0.25, -0.2) is 0 Å². The van der Waals surface area contributed by atoms with Crippen LogP contribution >= 0.6 is 0 Å². The summed E-state index contributed by atoms with van der Waals surface area (Å²) in [5.74, 6) is 1.16. The predicted octanol–water partition coefficient (Wildman–Crippen LogP) is 4.26. The van der Waals surface area contributed by atoms with Crippen molar-refractivity contribution in [2.24, 2.45) is 0 Å². The minimum absolute atomic E-state index is 0.202. The quantitative estimate of drug-likeness (QED) is 0.732. The Morgan fingerprint density at radius 3 is 2.52 bits per heavy atom. The van der Waals surface area contributed by atoms with Gasteiger partial charge in [0.15, 0.2) is 6.10 Å². The van der Waals surface area contributed by atoms with Gasteiger partial charge in [-0.2, -0.15) is 0 Å². The van der Waals surface area contributed by atoms with Gasteiger partial charge in [0.2, 0.25) is 0 Å². The Labute approximate surface area is 147 Å². The highest BCUT2D eigenvalue weighted by Gasteiger charge is 2.23. The molecule has 0 bridgehead atoms. The predicted molar refractivity (Wildman–Crippen MR) is 96.4 cm³/mol. The lowest BCUT2D eigenvalue weighted by molar-refractivity contribution is -0.127. The summed E-state index contributed by atoms with van der Waals surface area (Å²) in [5, 5.41) is 3.01. The number of carbonyl (C=O) groups is 1. The van der Waals surface area contributed by atoms with Crippen molar-refractivity contribution in [3.8, 4) is 5.75 Å². The summed E-state index contributed by atoms with van der Waals surface area (Å²) >= 11 is 0. The average Bonchev–Trinajstić information content (AvgIpc) is 3.14. The Bertz CT molecular complexity index is 812. The molecule has 1 aromatic heterocycles. The van der Waals surface area contributed by atoms with Crippen LogP contribution in [0.1, 0.15) is 29.9 Å². The Hall–Kier alpha value is -3.01. The highest BCUT2D eigenvalue weighted by Crippen LogP contribution is 2.23. The van der Waals surface area contributed by atoms with Crippen LogP contribution in [0.4, 0.5) is 0 Å². The van der Waals surface area contributed by atoms with E-state index in [0.717, 1.165) is 11.1 Å². The number of nitrogens with one attached hydrogen (secondary N) is 1. The smallest absolute Gasteiger partial charge is 0.261 e. The fourth-order valence-electron chi connectivity index (χ4n) is 2.63. The zero-order valence-corrected chi connectivity index (χ0v) is 14.3. The molecule has 0 saturated carbocycles. The van der Waals surface area contributed by atoms with E-state index in [4.69, 9.17) is 9.15 Å². The van der Waals surface area contributed by atoms with Crippen LogP contribution in [0.2, 0.25) is 0 Å². The first kappa shape index (κ1) is 16.8. The SMILES string of the molecule is Cc1cccc(O[C@H](C)C(=O)N[C@@H](c2ccccc2)c2ccco2)c1. The Morgan fingerprint density at radius 1 is 1.04 bits per heavy atom. The first-order valence-electron chi connectivity index (χ1n) is 8.25. The van der Waals surface area contributed by atoms with Crippen LogP contribution in [0, 0.1) is 6.92 Å². The molecular weight excluding hydrogens is 314 g/mol. The molecule has 0 saturated heterocycles. The highest BCUT2D eigenvalue weighted by atomic mass is 16.5. The minimum Gasteiger partial charge on any atom is -0.481 e. The van der Waals surface area contributed by atoms with Crippen molar-refractivity contribution < 1.29 is 13.9 Å². The number of furan rings is 1. The average molecular weight is 335 g/mol. The second kappa shape index (κ2) is 7.71. The van der Waals surface area contributed by atoms with E-state index in [1.54, 1.807) is 13.2 Å². The fraction of sp³-hybridized carbons (Fsp3) is 0.190. The van der Waals surface area contributed by atoms with E-state index >= 15 is 0 Å². The van der Waals surface area contributed by atoms with Crippen LogP contribution in [0.25, 0.3) is 0 Å². The van der Waals surface area contributed by atoms with Crippen molar-refractivity contribution in [1.82, 2.24) is 5.32 Å². The van der Waals surface area contributed by atoms with E-state index in [9.17, 15) is 4.79 Å². The molecule has 2 atom stereocenters. The van der Waals surface area contributed by atoms with Gasteiger partial charge in [-0.1, -0.05) is 42.5 Å². The number of rotatable bonds is 6. The summed E-state index contributed by atoms with van der Waals surface area (Å²) in [6.07, 6.45) is 0.979. The number of aryl methyl sites for hydroxylation is 1. The number of amides is 1. The second-order valence-electron chi connectivity index (χ2n) is 5.94. The summed E-state index contributed by atoms with van der Waals surface area (Å²) in [4.78, 5) is 12.6. The van der Waals surface area contributed by atoms with Gasteiger partial charge in [0.25, 0.3) is 5.91 Å². The second-order valence-corrected chi connectivity index (χ2v) is 5.94. The summed E-state index contributed by atoms with van der Waals surface area (Å²) in [6, 6.07) is 20.7. The number of ether oxygens (including phenoxy) is 1. The van der Waals surface area contributed by atoms with Gasteiger partial charge in [-0.05, 0) is 49.2 Å². The number of carbonyl (C=O) groups excluding carboxylic acids is 1. The molecule has 2 aromatic carbocycles. The van der Waals surface area contributed by atoms with Gasteiger partial charge in [0.1, 0.15) is 17.6 Å². The van der Waals surface area contributed by atoms with Crippen LogP contribution in [-0.4, -0.2) is 12.0 Å². The van der Waals surface area contributed by atoms with Gasteiger partial charge in [-0.15, -0.1) is 0 Å². The molecule has 0 unspecified atom stereocenters. The van der Waals surface area contributed by atoms with Crippen LogP contribution < -0.4 is 10.1 Å². The van der Waals surface area contributed by atoms with Crippen LogP contribution in [0.3, 0.4) is 0 Å². The van der Waals surface area contributed by atoms with Crippen molar-refractivity contribution in [1.29, 1.82) is 0 Å². The molecule has 0 fully saturated rings. The zero-order valence-electron chi connectivity index (χ0n) is 14.3. The third-order valence-electron chi connectivity index (χ3n) is 3.92.